The number of esters is 1. The third-order valence-corrected chi connectivity index (χ3v) is 2.87. The SMILES string of the molecule is CCCOc1ccc(C(=O)C(C)C(=O)C(=O)OCC)cc1. The molecule has 0 spiro atoms. The highest BCUT2D eigenvalue weighted by atomic mass is 16.5. The van der Waals surface area contributed by atoms with E-state index in [-0.39, 0.29) is 6.61 Å². The van der Waals surface area contributed by atoms with Crippen LogP contribution in [-0.4, -0.2) is 30.7 Å². The summed E-state index contributed by atoms with van der Waals surface area (Å²) in [6, 6.07) is 6.51. The summed E-state index contributed by atoms with van der Waals surface area (Å²) < 4.78 is 10.0. The Kier molecular flexibility index (Phi) is 6.59. The van der Waals surface area contributed by atoms with Crippen LogP contribution in [0, 0.1) is 5.92 Å². The second-order valence-corrected chi connectivity index (χ2v) is 4.54. The zero-order valence-corrected chi connectivity index (χ0v) is 12.5. The zero-order valence-electron chi connectivity index (χ0n) is 12.5. The van der Waals surface area contributed by atoms with E-state index in [9.17, 15) is 14.4 Å². The summed E-state index contributed by atoms with van der Waals surface area (Å²) in [4.78, 5) is 35.2. The van der Waals surface area contributed by atoms with Crippen molar-refractivity contribution in [1.82, 2.24) is 0 Å². The van der Waals surface area contributed by atoms with Gasteiger partial charge in [0.1, 0.15) is 5.75 Å². The molecule has 0 aromatic heterocycles. The summed E-state index contributed by atoms with van der Waals surface area (Å²) in [5.41, 5.74) is 0.365. The highest BCUT2D eigenvalue weighted by Gasteiger charge is 2.29. The Morgan fingerprint density at radius 3 is 2.24 bits per heavy atom. The Bertz CT molecular complexity index is 504. The Morgan fingerprint density at radius 1 is 1.10 bits per heavy atom. The maximum Gasteiger partial charge on any atom is 0.375 e. The molecule has 5 heteroatoms. The average molecular weight is 292 g/mol. The zero-order chi connectivity index (χ0) is 15.8. The van der Waals surface area contributed by atoms with Gasteiger partial charge in [0.05, 0.1) is 19.1 Å². The highest BCUT2D eigenvalue weighted by Crippen LogP contribution is 2.16. The minimum absolute atomic E-state index is 0.106. The molecule has 0 heterocycles. The van der Waals surface area contributed by atoms with Gasteiger partial charge in [-0.25, -0.2) is 4.79 Å². The third kappa shape index (κ3) is 4.70. The molecule has 0 radical (unpaired) electrons. The van der Waals surface area contributed by atoms with Gasteiger partial charge in [0.2, 0.25) is 0 Å². The molecule has 0 N–H and O–H groups in total. The molecule has 0 saturated heterocycles. The van der Waals surface area contributed by atoms with Crippen molar-refractivity contribution in [1.29, 1.82) is 0 Å². The Hall–Kier alpha value is -2.17. The first-order valence-electron chi connectivity index (χ1n) is 6.99. The van der Waals surface area contributed by atoms with Crippen LogP contribution in [0.5, 0.6) is 5.75 Å². The molecule has 21 heavy (non-hydrogen) atoms. The molecule has 1 atom stereocenters. The van der Waals surface area contributed by atoms with Crippen LogP contribution in [-0.2, 0) is 14.3 Å². The van der Waals surface area contributed by atoms with Crippen molar-refractivity contribution in [2.75, 3.05) is 13.2 Å². The molecule has 0 saturated carbocycles. The van der Waals surface area contributed by atoms with Crippen molar-refractivity contribution in [3.8, 4) is 5.75 Å². The van der Waals surface area contributed by atoms with E-state index in [2.05, 4.69) is 4.74 Å². The maximum atomic E-state index is 12.2. The summed E-state index contributed by atoms with van der Waals surface area (Å²) in [7, 11) is 0. The van der Waals surface area contributed by atoms with E-state index in [0.717, 1.165) is 6.42 Å². The van der Waals surface area contributed by atoms with Crippen LogP contribution in [0.1, 0.15) is 37.6 Å². The van der Waals surface area contributed by atoms with E-state index in [0.29, 0.717) is 17.9 Å². The van der Waals surface area contributed by atoms with Crippen LogP contribution in [0.2, 0.25) is 0 Å². The predicted molar refractivity (Wildman–Crippen MR) is 77.4 cm³/mol. The molecule has 0 aliphatic rings. The van der Waals surface area contributed by atoms with Crippen molar-refractivity contribution in [2.24, 2.45) is 5.92 Å². The summed E-state index contributed by atoms with van der Waals surface area (Å²) >= 11 is 0. The van der Waals surface area contributed by atoms with E-state index in [1.165, 1.54) is 6.92 Å². The Balaban J connectivity index is 2.74. The van der Waals surface area contributed by atoms with Gasteiger partial charge in [-0.15, -0.1) is 0 Å². The van der Waals surface area contributed by atoms with Crippen LogP contribution in [0.4, 0.5) is 0 Å². The van der Waals surface area contributed by atoms with Gasteiger partial charge in [-0.3, -0.25) is 9.59 Å². The van der Waals surface area contributed by atoms with E-state index in [1.807, 2.05) is 6.92 Å². The number of rotatable bonds is 8. The minimum Gasteiger partial charge on any atom is -0.494 e. The number of carbonyl (C=O) groups is 3. The second-order valence-electron chi connectivity index (χ2n) is 4.54. The first kappa shape index (κ1) is 16.9. The smallest absolute Gasteiger partial charge is 0.375 e. The maximum absolute atomic E-state index is 12.2. The molecule has 0 aliphatic carbocycles. The summed E-state index contributed by atoms with van der Waals surface area (Å²) in [6.45, 7) is 5.72. The quantitative estimate of drug-likeness (QED) is 0.318. The molecule has 114 valence electrons. The number of ketones is 2. The largest absolute Gasteiger partial charge is 0.494 e. The van der Waals surface area contributed by atoms with Crippen LogP contribution in [0.25, 0.3) is 0 Å². The normalized spacial score (nSPS) is 11.6. The monoisotopic (exact) mass is 292 g/mol. The molecular weight excluding hydrogens is 272 g/mol. The Labute approximate surface area is 124 Å². The summed E-state index contributed by atoms with van der Waals surface area (Å²) in [6.07, 6.45) is 0.895. The van der Waals surface area contributed by atoms with Gasteiger partial charge in [0.25, 0.3) is 5.78 Å². The van der Waals surface area contributed by atoms with Gasteiger partial charge < -0.3 is 9.47 Å². The van der Waals surface area contributed by atoms with Crippen molar-refractivity contribution in [3.63, 3.8) is 0 Å². The van der Waals surface area contributed by atoms with Gasteiger partial charge in [-0.1, -0.05) is 6.92 Å². The lowest BCUT2D eigenvalue weighted by Crippen LogP contribution is -2.29. The van der Waals surface area contributed by atoms with Gasteiger partial charge in [-0.2, -0.15) is 0 Å². The first-order valence-corrected chi connectivity index (χ1v) is 6.99. The van der Waals surface area contributed by atoms with Gasteiger partial charge in [0.15, 0.2) is 5.78 Å². The molecule has 0 amide bonds. The number of hydrogen-bond acceptors (Lipinski definition) is 5. The Morgan fingerprint density at radius 2 is 1.71 bits per heavy atom. The van der Waals surface area contributed by atoms with Crippen LogP contribution >= 0.6 is 0 Å². The fourth-order valence-electron chi connectivity index (χ4n) is 1.68. The molecule has 1 rings (SSSR count). The van der Waals surface area contributed by atoms with E-state index >= 15 is 0 Å². The number of Topliss-reactive ketones (excluding diaryl/α,β-unsaturated/α-hetero) is 2. The van der Waals surface area contributed by atoms with Gasteiger partial charge >= 0.3 is 5.97 Å². The van der Waals surface area contributed by atoms with E-state index < -0.39 is 23.5 Å². The molecule has 0 fully saturated rings. The summed E-state index contributed by atoms with van der Waals surface area (Å²) in [5.74, 6) is -2.59. The van der Waals surface area contributed by atoms with Crippen LogP contribution < -0.4 is 4.74 Å². The topological polar surface area (TPSA) is 69.7 Å². The number of hydrogen-bond donors (Lipinski definition) is 0. The van der Waals surface area contributed by atoms with Crippen molar-refractivity contribution < 1.29 is 23.9 Å². The fraction of sp³-hybridized carbons (Fsp3) is 0.438. The lowest BCUT2D eigenvalue weighted by molar-refractivity contribution is -0.154. The average Bonchev–Trinajstić information content (AvgIpc) is 2.51. The predicted octanol–water partition coefficient (Wildman–Crippen LogP) is 2.43. The molecule has 1 aromatic rings. The van der Waals surface area contributed by atoms with Crippen molar-refractivity contribution >= 4 is 17.5 Å². The highest BCUT2D eigenvalue weighted by molar-refractivity contribution is 6.39. The number of carbonyl (C=O) groups excluding carboxylic acids is 3. The fourth-order valence-corrected chi connectivity index (χ4v) is 1.68. The van der Waals surface area contributed by atoms with E-state index in [4.69, 9.17) is 4.74 Å². The molecular formula is C16H20O5. The molecule has 0 bridgehead atoms. The summed E-state index contributed by atoms with van der Waals surface area (Å²) in [5, 5.41) is 0. The molecule has 1 unspecified atom stereocenters. The lowest BCUT2D eigenvalue weighted by Gasteiger charge is -2.10. The standard InChI is InChI=1S/C16H20O5/c1-4-10-21-13-8-6-12(7-9-13)14(17)11(3)15(18)16(19)20-5-2/h6-9,11H,4-5,10H2,1-3H3. The minimum atomic E-state index is -1.05. The third-order valence-electron chi connectivity index (χ3n) is 2.87. The molecule has 5 nitrogen and oxygen atoms in total. The number of benzene rings is 1. The lowest BCUT2D eigenvalue weighted by atomic mass is 9.95. The van der Waals surface area contributed by atoms with Crippen LogP contribution in [0.3, 0.4) is 0 Å². The van der Waals surface area contributed by atoms with Crippen molar-refractivity contribution in [3.05, 3.63) is 29.8 Å². The first-order chi connectivity index (χ1) is 10.0. The van der Waals surface area contributed by atoms with Crippen molar-refractivity contribution in [2.45, 2.75) is 27.2 Å². The second kappa shape index (κ2) is 8.19. The molecule has 0 aliphatic heterocycles. The van der Waals surface area contributed by atoms with Gasteiger partial charge in [-0.05, 0) is 44.5 Å². The van der Waals surface area contributed by atoms with Crippen LogP contribution in [0.15, 0.2) is 24.3 Å². The molecule has 1 aromatic carbocycles. The van der Waals surface area contributed by atoms with Gasteiger partial charge in [0, 0.05) is 5.56 Å². The van der Waals surface area contributed by atoms with E-state index in [1.54, 1.807) is 31.2 Å². The number of ether oxygens (including phenoxy) is 2.